The first-order valence-corrected chi connectivity index (χ1v) is 12.9. The van der Waals surface area contributed by atoms with Crippen molar-refractivity contribution in [2.24, 2.45) is 34.0 Å². The van der Waals surface area contributed by atoms with E-state index < -0.39 is 83.6 Å². The zero-order valence-corrected chi connectivity index (χ0v) is 20.7. The van der Waals surface area contributed by atoms with Gasteiger partial charge in [-0.1, -0.05) is 19.9 Å². The van der Waals surface area contributed by atoms with Gasteiger partial charge < -0.3 is 40.1 Å². The van der Waals surface area contributed by atoms with Crippen molar-refractivity contribution in [3.63, 3.8) is 0 Å². The van der Waals surface area contributed by atoms with Gasteiger partial charge in [-0.15, -0.1) is 0 Å². The molecule has 0 amide bonds. The number of hydrogen-bond donors (Lipinski definition) is 6. The van der Waals surface area contributed by atoms with Crippen molar-refractivity contribution < 1.29 is 49.7 Å². The largest absolute Gasteiger partial charge is 0.432 e. The Morgan fingerprint density at radius 2 is 1.78 bits per heavy atom. The molecule has 10 nitrogen and oxygen atoms in total. The highest BCUT2D eigenvalue weighted by Crippen LogP contribution is 2.71. The van der Waals surface area contributed by atoms with Crippen LogP contribution in [0.5, 0.6) is 0 Å². The van der Waals surface area contributed by atoms with Crippen LogP contribution in [-0.4, -0.2) is 91.9 Å². The summed E-state index contributed by atoms with van der Waals surface area (Å²) < 4.78 is 11.0. The summed E-state index contributed by atoms with van der Waals surface area (Å²) in [6.07, 6.45) is -6.91. The second-order valence-corrected chi connectivity index (χ2v) is 12.3. The minimum absolute atomic E-state index is 0.148. The molecule has 0 radical (unpaired) electrons. The highest BCUT2D eigenvalue weighted by molar-refractivity contribution is 6.03. The summed E-state index contributed by atoms with van der Waals surface area (Å²) in [4.78, 5) is 27.1. The van der Waals surface area contributed by atoms with Gasteiger partial charge in [0.25, 0.3) is 0 Å². The van der Waals surface area contributed by atoms with Crippen molar-refractivity contribution >= 4 is 11.8 Å². The predicted octanol–water partition coefficient (Wildman–Crippen LogP) is -0.581. The Bertz CT molecular complexity index is 951. The maximum atomic E-state index is 13.7. The smallest absolute Gasteiger partial charge is 0.314 e. The van der Waals surface area contributed by atoms with E-state index in [-0.39, 0.29) is 18.1 Å². The molecule has 5 fully saturated rings. The van der Waals surface area contributed by atoms with Crippen LogP contribution in [0.3, 0.4) is 0 Å². The van der Waals surface area contributed by atoms with E-state index in [0.717, 1.165) is 0 Å². The van der Waals surface area contributed by atoms with Crippen LogP contribution in [0.15, 0.2) is 12.2 Å². The molecule has 13 unspecified atom stereocenters. The van der Waals surface area contributed by atoms with Crippen molar-refractivity contribution in [3.8, 4) is 0 Å². The minimum atomic E-state index is -1.72. The summed E-state index contributed by atoms with van der Waals surface area (Å²) in [5, 5.41) is 62.7. The van der Waals surface area contributed by atoms with Crippen LogP contribution in [0.25, 0.3) is 0 Å². The molecule has 13 atom stereocenters. The monoisotopic (exact) mass is 510 g/mol. The summed E-state index contributed by atoms with van der Waals surface area (Å²) in [6, 6.07) is 0. The molecule has 5 rings (SSSR count). The van der Waals surface area contributed by atoms with Gasteiger partial charge in [0.15, 0.2) is 5.78 Å². The predicted molar refractivity (Wildman–Crippen MR) is 123 cm³/mol. The van der Waals surface area contributed by atoms with Gasteiger partial charge in [0.1, 0.15) is 24.4 Å². The first-order chi connectivity index (χ1) is 16.8. The van der Waals surface area contributed by atoms with E-state index in [1.54, 1.807) is 6.92 Å². The van der Waals surface area contributed by atoms with Crippen molar-refractivity contribution in [1.82, 2.24) is 0 Å². The van der Waals surface area contributed by atoms with E-state index in [1.807, 2.05) is 6.92 Å². The number of esters is 1. The van der Waals surface area contributed by atoms with Crippen molar-refractivity contribution in [1.29, 1.82) is 0 Å². The number of carbonyl (C=O) groups excluding carboxylic acids is 2. The van der Waals surface area contributed by atoms with Gasteiger partial charge in [-0.25, -0.2) is 0 Å². The number of hydrogen-bond acceptors (Lipinski definition) is 10. The molecule has 202 valence electrons. The topological polar surface area (TPSA) is 174 Å². The summed E-state index contributed by atoms with van der Waals surface area (Å²) in [5.74, 6) is -1.99. The highest BCUT2D eigenvalue weighted by Gasteiger charge is 2.73. The second-order valence-electron chi connectivity index (χ2n) is 12.3. The summed E-state index contributed by atoms with van der Waals surface area (Å²) in [7, 11) is 0. The molecular formula is C26H38O10. The van der Waals surface area contributed by atoms with Gasteiger partial charge >= 0.3 is 5.97 Å². The molecule has 10 heteroatoms. The van der Waals surface area contributed by atoms with Crippen molar-refractivity contribution in [2.45, 2.75) is 95.3 Å². The molecular weight excluding hydrogens is 472 g/mol. The Morgan fingerprint density at radius 1 is 1.08 bits per heavy atom. The lowest BCUT2D eigenvalue weighted by atomic mass is 9.39. The summed E-state index contributed by atoms with van der Waals surface area (Å²) in [5.41, 5.74) is -2.42. The summed E-state index contributed by atoms with van der Waals surface area (Å²) >= 11 is 0. The number of aliphatic hydroxyl groups excluding tert-OH is 6. The quantitative estimate of drug-likeness (QED) is 0.213. The van der Waals surface area contributed by atoms with Crippen LogP contribution >= 0.6 is 0 Å². The number of Topliss-reactive ketones (excluding diaryl/α,β-unsaturated/α-hetero) is 1. The first kappa shape index (κ1) is 26.2. The van der Waals surface area contributed by atoms with Crippen LogP contribution in [0.4, 0.5) is 0 Å². The standard InChI is InChI=1S/C26H38O10/c1-11-12-7-13(28)20-24(2)5-4-6-25(3,15(24)8-16(29)26(20,9-12)21(11)33)23(34)36-22-19(32)18(31)17(30)14(10-27)35-22/h12-20,22,27-32H,1,4-10H2,2-3H3. The molecule has 4 saturated carbocycles. The number of aliphatic hydroxyl groups is 6. The van der Waals surface area contributed by atoms with Gasteiger partial charge in [0.05, 0.1) is 29.6 Å². The molecule has 5 aliphatic rings. The molecule has 1 aliphatic heterocycles. The normalized spacial score (nSPS) is 54.6. The van der Waals surface area contributed by atoms with E-state index in [0.29, 0.717) is 37.7 Å². The van der Waals surface area contributed by atoms with E-state index in [9.17, 15) is 40.2 Å². The van der Waals surface area contributed by atoms with Crippen LogP contribution in [0.2, 0.25) is 0 Å². The summed E-state index contributed by atoms with van der Waals surface area (Å²) in [6.45, 7) is 7.05. The number of allylic oxidation sites excluding steroid dienone is 1. The fraction of sp³-hybridized carbons (Fsp3) is 0.846. The maximum Gasteiger partial charge on any atom is 0.314 e. The third kappa shape index (κ3) is 3.28. The zero-order chi connectivity index (χ0) is 26.4. The Labute approximate surface area is 209 Å². The highest BCUT2D eigenvalue weighted by atomic mass is 16.7. The Balaban J connectivity index is 1.46. The zero-order valence-electron chi connectivity index (χ0n) is 20.7. The fourth-order valence-electron chi connectivity index (χ4n) is 8.79. The number of rotatable bonds is 3. The molecule has 2 bridgehead atoms. The average Bonchev–Trinajstić information content (AvgIpc) is 3.02. The molecule has 1 heterocycles. The van der Waals surface area contributed by atoms with Gasteiger partial charge in [0, 0.05) is 5.92 Å². The van der Waals surface area contributed by atoms with E-state index in [4.69, 9.17) is 9.47 Å². The molecule has 4 aliphatic carbocycles. The van der Waals surface area contributed by atoms with Crippen LogP contribution in [0.1, 0.15) is 52.4 Å². The molecule has 1 saturated heterocycles. The van der Waals surface area contributed by atoms with E-state index >= 15 is 0 Å². The van der Waals surface area contributed by atoms with Gasteiger partial charge in [0.2, 0.25) is 6.29 Å². The van der Waals surface area contributed by atoms with E-state index in [2.05, 4.69) is 6.58 Å². The second kappa shape index (κ2) is 8.56. The lowest BCUT2D eigenvalue weighted by molar-refractivity contribution is -0.299. The molecule has 1 spiro atoms. The molecule has 36 heavy (non-hydrogen) atoms. The third-order valence-corrected chi connectivity index (χ3v) is 10.5. The SMILES string of the molecule is C=C1C(=O)C23CC1CC(O)C2C1(C)CCCC(C)(C(=O)OC2OC(CO)C(O)C(O)C2O)C1CC3O. The number of carbonyl (C=O) groups is 2. The number of fused-ring (bicyclic) bond motifs is 3. The van der Waals surface area contributed by atoms with Crippen LogP contribution in [-0.2, 0) is 19.1 Å². The Hall–Kier alpha value is -1.40. The van der Waals surface area contributed by atoms with Gasteiger partial charge in [-0.3, -0.25) is 9.59 Å². The Morgan fingerprint density at radius 3 is 2.44 bits per heavy atom. The molecule has 6 N–H and O–H groups in total. The maximum absolute atomic E-state index is 13.7. The minimum Gasteiger partial charge on any atom is -0.432 e. The van der Waals surface area contributed by atoms with Crippen molar-refractivity contribution in [2.75, 3.05) is 6.61 Å². The average molecular weight is 511 g/mol. The van der Waals surface area contributed by atoms with Crippen molar-refractivity contribution in [3.05, 3.63) is 12.2 Å². The number of ether oxygens (including phenoxy) is 2. The molecule has 0 aromatic rings. The number of ketones is 1. The fourth-order valence-corrected chi connectivity index (χ4v) is 8.79. The van der Waals surface area contributed by atoms with E-state index in [1.165, 1.54) is 0 Å². The first-order valence-electron chi connectivity index (χ1n) is 12.9. The molecule has 0 aromatic heterocycles. The van der Waals surface area contributed by atoms with Gasteiger partial charge in [-0.2, -0.15) is 0 Å². The Kier molecular flexibility index (Phi) is 6.23. The van der Waals surface area contributed by atoms with Gasteiger partial charge in [-0.05, 0) is 61.9 Å². The van der Waals surface area contributed by atoms with Crippen LogP contribution < -0.4 is 0 Å². The van der Waals surface area contributed by atoms with Crippen LogP contribution in [0, 0.1) is 34.0 Å². The molecule has 0 aromatic carbocycles. The third-order valence-electron chi connectivity index (χ3n) is 10.5. The lowest BCUT2D eigenvalue weighted by Crippen LogP contribution is -2.67. The lowest BCUT2D eigenvalue weighted by Gasteiger charge is -2.65.